The van der Waals surface area contributed by atoms with Crippen molar-refractivity contribution in [1.29, 1.82) is 0 Å². The largest absolute Gasteiger partial charge is 0.496 e. The summed E-state index contributed by atoms with van der Waals surface area (Å²) in [5, 5.41) is 0.764. The molecule has 0 radical (unpaired) electrons. The molecule has 1 aliphatic carbocycles. The number of halogens is 1. The fraction of sp³-hybridized carbons (Fsp3) is 0.400. The van der Waals surface area contributed by atoms with Crippen molar-refractivity contribution in [3.63, 3.8) is 0 Å². The Morgan fingerprint density at radius 3 is 2.77 bits per heavy atom. The van der Waals surface area contributed by atoms with Gasteiger partial charge in [-0.3, -0.25) is 9.69 Å². The standard InChI is InChI=1S/C25H26ClNO4/c1-29-22-9-5-3-7-17(22)20-14-30-25-18(24(20)28)10-11-23-19(25)13-27(15-31-23)12-16-6-2-4-8-21(16)26/h2-9,14,18-19,23,25H,10-13,15H2,1H3. The Labute approximate surface area is 187 Å². The highest BCUT2D eigenvalue weighted by Crippen LogP contribution is 2.43. The van der Waals surface area contributed by atoms with E-state index in [2.05, 4.69) is 4.90 Å². The van der Waals surface area contributed by atoms with E-state index < -0.39 is 0 Å². The number of nitrogens with zero attached hydrogens (tertiary/aromatic N) is 1. The van der Waals surface area contributed by atoms with Crippen LogP contribution in [0.25, 0.3) is 5.57 Å². The molecule has 1 saturated heterocycles. The van der Waals surface area contributed by atoms with E-state index in [4.69, 9.17) is 25.8 Å². The molecule has 4 atom stereocenters. The lowest BCUT2D eigenvalue weighted by molar-refractivity contribution is -0.171. The number of hydrogen-bond donors (Lipinski definition) is 0. The van der Waals surface area contributed by atoms with Crippen LogP contribution >= 0.6 is 11.6 Å². The summed E-state index contributed by atoms with van der Waals surface area (Å²) in [5.41, 5.74) is 2.47. The van der Waals surface area contributed by atoms with E-state index in [9.17, 15) is 4.79 Å². The van der Waals surface area contributed by atoms with Gasteiger partial charge in [0.2, 0.25) is 0 Å². The number of carbonyl (C=O) groups excluding carboxylic acids is 1. The average Bonchev–Trinajstić information content (AvgIpc) is 2.81. The van der Waals surface area contributed by atoms with Gasteiger partial charge in [-0.25, -0.2) is 0 Å². The first-order valence-electron chi connectivity index (χ1n) is 10.8. The second kappa shape index (κ2) is 8.65. The molecule has 5 rings (SSSR count). The third-order valence-electron chi connectivity index (χ3n) is 6.69. The molecule has 4 unspecified atom stereocenters. The molecule has 3 aliphatic rings. The van der Waals surface area contributed by atoms with Crippen molar-refractivity contribution in [2.75, 3.05) is 20.4 Å². The first-order chi connectivity index (χ1) is 15.2. The minimum Gasteiger partial charge on any atom is -0.496 e. The highest BCUT2D eigenvalue weighted by Gasteiger charge is 2.49. The molecule has 0 amide bonds. The van der Waals surface area contributed by atoms with Crippen LogP contribution < -0.4 is 4.74 Å². The lowest BCUT2D eigenvalue weighted by Crippen LogP contribution is -2.56. The SMILES string of the molecule is COc1ccccc1C1=COC2C(CCC3OCN(Cc4ccccc4Cl)CC32)C1=O. The van der Waals surface area contributed by atoms with Crippen LogP contribution in [0.2, 0.25) is 5.02 Å². The molecule has 1 saturated carbocycles. The summed E-state index contributed by atoms with van der Waals surface area (Å²) in [6.45, 7) is 2.11. The summed E-state index contributed by atoms with van der Waals surface area (Å²) in [4.78, 5) is 15.7. The van der Waals surface area contributed by atoms with Gasteiger partial charge in [0, 0.05) is 29.6 Å². The topological polar surface area (TPSA) is 48.0 Å². The normalized spacial score (nSPS) is 28.2. The van der Waals surface area contributed by atoms with Crippen LogP contribution in [-0.4, -0.2) is 43.3 Å². The zero-order valence-corrected chi connectivity index (χ0v) is 18.3. The Bertz CT molecular complexity index is 1010. The van der Waals surface area contributed by atoms with Gasteiger partial charge < -0.3 is 14.2 Å². The number of methoxy groups -OCH3 is 1. The second-order valence-electron chi connectivity index (χ2n) is 8.48. The van der Waals surface area contributed by atoms with E-state index in [0.717, 1.165) is 42.1 Å². The number of para-hydroxylation sites is 1. The van der Waals surface area contributed by atoms with E-state index in [1.165, 1.54) is 0 Å². The number of hydrogen-bond acceptors (Lipinski definition) is 5. The summed E-state index contributed by atoms with van der Waals surface area (Å²) in [6, 6.07) is 15.5. The van der Waals surface area contributed by atoms with Gasteiger partial charge in [-0.15, -0.1) is 0 Å². The van der Waals surface area contributed by atoms with Crippen LogP contribution in [0, 0.1) is 11.8 Å². The maximum absolute atomic E-state index is 13.4. The Hall–Kier alpha value is -2.34. The summed E-state index contributed by atoms with van der Waals surface area (Å²) >= 11 is 6.35. The molecule has 0 spiro atoms. The number of ether oxygens (including phenoxy) is 3. The monoisotopic (exact) mass is 439 g/mol. The Morgan fingerprint density at radius 1 is 1.13 bits per heavy atom. The number of ketones is 1. The number of benzene rings is 2. The Kier molecular flexibility index (Phi) is 5.74. The molecule has 2 fully saturated rings. The van der Waals surface area contributed by atoms with Crippen molar-refractivity contribution in [2.24, 2.45) is 11.8 Å². The van der Waals surface area contributed by atoms with Gasteiger partial charge in [-0.05, 0) is 30.5 Å². The summed E-state index contributed by atoms with van der Waals surface area (Å²) in [6.07, 6.45) is 3.25. The quantitative estimate of drug-likeness (QED) is 0.699. The van der Waals surface area contributed by atoms with Crippen molar-refractivity contribution in [3.8, 4) is 5.75 Å². The van der Waals surface area contributed by atoms with Crippen LogP contribution in [0.5, 0.6) is 5.75 Å². The van der Waals surface area contributed by atoms with Gasteiger partial charge >= 0.3 is 0 Å². The van der Waals surface area contributed by atoms with E-state index in [1.807, 2.05) is 48.5 Å². The molecule has 0 aromatic heterocycles. The number of rotatable bonds is 4. The molecule has 2 aromatic rings. The molecule has 5 nitrogen and oxygen atoms in total. The third kappa shape index (κ3) is 3.86. The molecule has 0 N–H and O–H groups in total. The van der Waals surface area contributed by atoms with Crippen LogP contribution in [0.1, 0.15) is 24.0 Å². The number of allylic oxidation sites excluding steroid dienone is 1. The predicted octanol–water partition coefficient (Wildman–Crippen LogP) is 4.54. The summed E-state index contributed by atoms with van der Waals surface area (Å²) < 4.78 is 17.9. The van der Waals surface area contributed by atoms with E-state index in [1.54, 1.807) is 13.4 Å². The number of fused-ring (bicyclic) bond motifs is 3. The zero-order valence-electron chi connectivity index (χ0n) is 17.5. The van der Waals surface area contributed by atoms with Gasteiger partial charge in [0.1, 0.15) is 11.9 Å². The molecule has 6 heteroatoms. The zero-order chi connectivity index (χ0) is 21.4. The van der Waals surface area contributed by atoms with Crippen molar-refractivity contribution in [3.05, 3.63) is 70.9 Å². The average molecular weight is 440 g/mol. The van der Waals surface area contributed by atoms with Crippen molar-refractivity contribution >= 4 is 23.0 Å². The van der Waals surface area contributed by atoms with Crippen LogP contribution in [0.15, 0.2) is 54.8 Å². The fourth-order valence-corrected chi connectivity index (χ4v) is 5.33. The molecule has 2 aliphatic heterocycles. The molecule has 2 aromatic carbocycles. The van der Waals surface area contributed by atoms with Gasteiger partial charge in [-0.2, -0.15) is 0 Å². The lowest BCUT2D eigenvalue weighted by Gasteiger charge is -2.48. The van der Waals surface area contributed by atoms with Crippen LogP contribution in [0.3, 0.4) is 0 Å². The second-order valence-corrected chi connectivity index (χ2v) is 8.89. The molecule has 2 heterocycles. The molecular formula is C25H26ClNO4. The fourth-order valence-electron chi connectivity index (χ4n) is 5.13. The van der Waals surface area contributed by atoms with Crippen LogP contribution in [-0.2, 0) is 20.8 Å². The van der Waals surface area contributed by atoms with Crippen molar-refractivity contribution in [1.82, 2.24) is 4.90 Å². The van der Waals surface area contributed by atoms with E-state index in [-0.39, 0.29) is 29.8 Å². The van der Waals surface area contributed by atoms with Crippen molar-refractivity contribution in [2.45, 2.75) is 31.6 Å². The molecule has 0 bridgehead atoms. The summed E-state index contributed by atoms with van der Waals surface area (Å²) in [7, 11) is 1.62. The summed E-state index contributed by atoms with van der Waals surface area (Å²) in [5.74, 6) is 0.816. The van der Waals surface area contributed by atoms with Gasteiger partial charge in [0.25, 0.3) is 0 Å². The predicted molar refractivity (Wildman–Crippen MR) is 119 cm³/mol. The smallest absolute Gasteiger partial charge is 0.173 e. The van der Waals surface area contributed by atoms with Crippen LogP contribution in [0.4, 0.5) is 0 Å². The molecule has 31 heavy (non-hydrogen) atoms. The van der Waals surface area contributed by atoms with Crippen molar-refractivity contribution < 1.29 is 19.0 Å². The molecular weight excluding hydrogens is 414 g/mol. The first-order valence-corrected chi connectivity index (χ1v) is 11.1. The van der Waals surface area contributed by atoms with E-state index >= 15 is 0 Å². The number of carbonyl (C=O) groups is 1. The lowest BCUT2D eigenvalue weighted by atomic mass is 9.71. The molecule has 162 valence electrons. The maximum atomic E-state index is 13.4. The van der Waals surface area contributed by atoms with E-state index in [0.29, 0.717) is 18.1 Å². The highest BCUT2D eigenvalue weighted by atomic mass is 35.5. The minimum atomic E-state index is -0.168. The maximum Gasteiger partial charge on any atom is 0.173 e. The number of Topliss-reactive ketones (excluding diaryl/α,β-unsaturated/α-hetero) is 1. The van der Waals surface area contributed by atoms with Gasteiger partial charge in [-0.1, -0.05) is 48.0 Å². The Balaban J connectivity index is 1.36. The first kappa shape index (κ1) is 20.6. The highest BCUT2D eigenvalue weighted by molar-refractivity contribution is 6.31. The Morgan fingerprint density at radius 2 is 1.94 bits per heavy atom. The van der Waals surface area contributed by atoms with Gasteiger partial charge in [0.15, 0.2) is 5.78 Å². The third-order valence-corrected chi connectivity index (χ3v) is 7.06. The van der Waals surface area contributed by atoms with Gasteiger partial charge in [0.05, 0.1) is 37.7 Å². The minimum absolute atomic E-state index is 0.123.